The van der Waals surface area contributed by atoms with Crippen LogP contribution in [0.1, 0.15) is 22.8 Å². The van der Waals surface area contributed by atoms with Gasteiger partial charge in [-0.1, -0.05) is 30.7 Å². The zero-order valence-corrected chi connectivity index (χ0v) is 10.2. The zero-order valence-electron chi connectivity index (χ0n) is 9.44. The van der Waals surface area contributed by atoms with E-state index in [2.05, 4.69) is 0 Å². The monoisotopic (exact) mass is 249 g/mol. The van der Waals surface area contributed by atoms with E-state index in [1.807, 2.05) is 19.1 Å². The maximum absolute atomic E-state index is 11.8. The van der Waals surface area contributed by atoms with Gasteiger partial charge in [0, 0.05) is 12.1 Å². The summed E-state index contributed by atoms with van der Waals surface area (Å²) in [4.78, 5) is 25.0. The molecule has 1 aromatic rings. The second-order valence-electron chi connectivity index (χ2n) is 3.81. The fraction of sp³-hybridized carbons (Fsp3) is 0.231. The van der Waals surface area contributed by atoms with Gasteiger partial charge in [0.05, 0.1) is 11.3 Å². The first-order valence-electron chi connectivity index (χ1n) is 5.43. The SMILES string of the molecule is CCc1ccc2c(c1)C(=O)C(=O)N2C/C=C/Cl. The van der Waals surface area contributed by atoms with Gasteiger partial charge < -0.3 is 4.90 Å². The molecule has 0 N–H and O–H groups in total. The molecule has 1 heterocycles. The highest BCUT2D eigenvalue weighted by Crippen LogP contribution is 2.29. The Morgan fingerprint density at radius 2 is 2.12 bits per heavy atom. The van der Waals surface area contributed by atoms with Crippen LogP contribution in [0.2, 0.25) is 0 Å². The molecule has 0 saturated heterocycles. The largest absolute Gasteiger partial charge is 0.301 e. The van der Waals surface area contributed by atoms with Gasteiger partial charge in [0.2, 0.25) is 0 Å². The number of amides is 1. The minimum absolute atomic E-state index is 0.326. The van der Waals surface area contributed by atoms with Crippen LogP contribution in [0, 0.1) is 0 Å². The Balaban J connectivity index is 2.43. The third-order valence-corrected chi connectivity index (χ3v) is 3.00. The van der Waals surface area contributed by atoms with Crippen molar-refractivity contribution in [1.82, 2.24) is 0 Å². The summed E-state index contributed by atoms with van der Waals surface area (Å²) < 4.78 is 0. The number of carbonyl (C=O) groups excluding carboxylic acids is 2. The Kier molecular flexibility index (Phi) is 3.29. The van der Waals surface area contributed by atoms with Crippen molar-refractivity contribution in [3.8, 4) is 0 Å². The van der Waals surface area contributed by atoms with Gasteiger partial charge >= 0.3 is 0 Å². The molecule has 0 fully saturated rings. The number of aryl methyl sites for hydroxylation is 1. The molecule has 0 unspecified atom stereocenters. The van der Waals surface area contributed by atoms with Gasteiger partial charge in [0.1, 0.15) is 0 Å². The summed E-state index contributed by atoms with van der Waals surface area (Å²) in [6, 6.07) is 5.54. The molecule has 3 nitrogen and oxygen atoms in total. The maximum atomic E-state index is 11.8. The highest BCUT2D eigenvalue weighted by atomic mass is 35.5. The van der Waals surface area contributed by atoms with E-state index in [9.17, 15) is 9.59 Å². The molecule has 0 atom stereocenters. The van der Waals surface area contributed by atoms with E-state index >= 15 is 0 Å². The summed E-state index contributed by atoms with van der Waals surface area (Å²) in [5.74, 6) is -0.915. The lowest BCUT2D eigenvalue weighted by Crippen LogP contribution is -2.29. The molecule has 0 spiro atoms. The van der Waals surface area contributed by atoms with Gasteiger partial charge in [-0.05, 0) is 24.1 Å². The summed E-state index contributed by atoms with van der Waals surface area (Å²) >= 11 is 5.44. The third-order valence-electron chi connectivity index (χ3n) is 2.82. The van der Waals surface area contributed by atoms with E-state index in [0.717, 1.165) is 12.0 Å². The number of anilines is 1. The maximum Gasteiger partial charge on any atom is 0.299 e. The second-order valence-corrected chi connectivity index (χ2v) is 4.06. The molecule has 0 aromatic heterocycles. The minimum Gasteiger partial charge on any atom is -0.301 e. The number of nitrogens with zero attached hydrogens (tertiary/aromatic N) is 1. The Hall–Kier alpha value is -1.61. The molecule has 0 saturated carbocycles. The van der Waals surface area contributed by atoms with Crippen LogP contribution in [0.25, 0.3) is 0 Å². The van der Waals surface area contributed by atoms with Crippen molar-refractivity contribution in [3.63, 3.8) is 0 Å². The summed E-state index contributed by atoms with van der Waals surface area (Å²) in [5.41, 5.74) is 3.57. The number of benzene rings is 1. The standard InChI is InChI=1S/C13H12ClNO2/c1-2-9-4-5-11-10(8-9)12(16)13(17)15(11)7-3-6-14/h3-6,8H,2,7H2,1H3/b6-3+. The van der Waals surface area contributed by atoms with Crippen LogP contribution in [0.4, 0.5) is 5.69 Å². The molecule has 4 heteroatoms. The van der Waals surface area contributed by atoms with Gasteiger partial charge in [-0.25, -0.2) is 0 Å². The number of hydrogen-bond donors (Lipinski definition) is 0. The number of halogens is 1. The molecule has 1 aliphatic heterocycles. The van der Waals surface area contributed by atoms with E-state index in [1.54, 1.807) is 12.1 Å². The van der Waals surface area contributed by atoms with Crippen LogP contribution < -0.4 is 4.90 Å². The normalized spacial score (nSPS) is 14.8. The third kappa shape index (κ3) is 1.98. The lowest BCUT2D eigenvalue weighted by Gasteiger charge is -2.13. The molecular weight excluding hydrogens is 238 g/mol. The second kappa shape index (κ2) is 4.72. The average molecular weight is 250 g/mol. The summed E-state index contributed by atoms with van der Waals surface area (Å²) in [5, 5.41) is 0. The quantitative estimate of drug-likeness (QED) is 0.772. The molecule has 1 amide bonds. The summed E-state index contributed by atoms with van der Waals surface area (Å²) in [6.07, 6.45) is 2.48. The average Bonchev–Trinajstić information content (AvgIpc) is 2.60. The number of Topliss-reactive ketones (excluding diaryl/α,β-unsaturated/α-hetero) is 1. The Morgan fingerprint density at radius 3 is 2.76 bits per heavy atom. The van der Waals surface area contributed by atoms with Crippen LogP contribution in [0.5, 0.6) is 0 Å². The fourth-order valence-corrected chi connectivity index (χ4v) is 1.97. The molecule has 1 aliphatic rings. The first kappa shape index (κ1) is 11.9. The van der Waals surface area contributed by atoms with Crippen LogP contribution in [-0.4, -0.2) is 18.2 Å². The van der Waals surface area contributed by atoms with Crippen LogP contribution in [0.3, 0.4) is 0 Å². The fourth-order valence-electron chi connectivity index (χ4n) is 1.89. The van der Waals surface area contributed by atoms with E-state index in [1.165, 1.54) is 10.4 Å². The zero-order chi connectivity index (χ0) is 12.4. The van der Waals surface area contributed by atoms with Crippen LogP contribution >= 0.6 is 11.6 Å². The van der Waals surface area contributed by atoms with Crippen LogP contribution in [-0.2, 0) is 11.2 Å². The predicted octanol–water partition coefficient (Wildman–Crippen LogP) is 2.53. The number of ketones is 1. The Bertz CT molecular complexity index is 508. The van der Waals surface area contributed by atoms with Gasteiger partial charge in [-0.15, -0.1) is 0 Å². The van der Waals surface area contributed by atoms with Gasteiger partial charge in [-0.3, -0.25) is 9.59 Å². The molecule has 2 rings (SSSR count). The smallest absolute Gasteiger partial charge is 0.299 e. The number of carbonyl (C=O) groups is 2. The number of rotatable bonds is 3. The van der Waals surface area contributed by atoms with Crippen molar-refractivity contribution < 1.29 is 9.59 Å². The Morgan fingerprint density at radius 1 is 1.35 bits per heavy atom. The van der Waals surface area contributed by atoms with Crippen molar-refractivity contribution in [2.75, 3.05) is 11.4 Å². The lowest BCUT2D eigenvalue weighted by atomic mass is 10.1. The minimum atomic E-state index is -0.483. The molecular formula is C13H12ClNO2. The highest BCUT2D eigenvalue weighted by molar-refractivity contribution is 6.52. The lowest BCUT2D eigenvalue weighted by molar-refractivity contribution is -0.114. The number of hydrogen-bond acceptors (Lipinski definition) is 2. The van der Waals surface area contributed by atoms with Crippen LogP contribution in [0.15, 0.2) is 29.8 Å². The molecule has 17 heavy (non-hydrogen) atoms. The van der Waals surface area contributed by atoms with Crippen molar-refractivity contribution in [1.29, 1.82) is 0 Å². The summed E-state index contributed by atoms with van der Waals surface area (Å²) in [6.45, 7) is 2.34. The molecule has 1 aromatic carbocycles. The van der Waals surface area contributed by atoms with E-state index in [-0.39, 0.29) is 0 Å². The van der Waals surface area contributed by atoms with E-state index < -0.39 is 11.7 Å². The molecule has 0 bridgehead atoms. The van der Waals surface area contributed by atoms with Crippen molar-refractivity contribution in [2.45, 2.75) is 13.3 Å². The van der Waals surface area contributed by atoms with Gasteiger partial charge in [0.25, 0.3) is 11.7 Å². The topological polar surface area (TPSA) is 37.4 Å². The molecule has 88 valence electrons. The molecule has 0 aliphatic carbocycles. The molecule has 0 radical (unpaired) electrons. The number of fused-ring (bicyclic) bond motifs is 1. The van der Waals surface area contributed by atoms with Crippen molar-refractivity contribution in [2.24, 2.45) is 0 Å². The summed E-state index contributed by atoms with van der Waals surface area (Å²) in [7, 11) is 0. The predicted molar refractivity (Wildman–Crippen MR) is 67.5 cm³/mol. The van der Waals surface area contributed by atoms with E-state index in [0.29, 0.717) is 17.8 Å². The van der Waals surface area contributed by atoms with Gasteiger partial charge in [-0.2, -0.15) is 0 Å². The van der Waals surface area contributed by atoms with Crippen molar-refractivity contribution in [3.05, 3.63) is 40.9 Å². The first-order chi connectivity index (χ1) is 8.19. The van der Waals surface area contributed by atoms with Gasteiger partial charge in [0.15, 0.2) is 0 Å². The van der Waals surface area contributed by atoms with Crippen molar-refractivity contribution >= 4 is 29.0 Å². The first-order valence-corrected chi connectivity index (χ1v) is 5.87. The highest BCUT2D eigenvalue weighted by Gasteiger charge is 2.34. The Labute approximate surface area is 105 Å². The van der Waals surface area contributed by atoms with E-state index in [4.69, 9.17) is 11.6 Å².